The molecule has 1 aliphatic rings. The topological polar surface area (TPSA) is 65.5 Å². The number of hydrogen-bond acceptors (Lipinski definition) is 4. The van der Waals surface area contributed by atoms with Gasteiger partial charge in [-0.05, 0) is 19.8 Å². The third-order valence-electron chi connectivity index (χ3n) is 2.56. The third-order valence-corrected chi connectivity index (χ3v) is 3.33. The molecule has 2 heterocycles. The van der Waals surface area contributed by atoms with Crippen LogP contribution in [0.2, 0.25) is 0 Å². The van der Waals surface area contributed by atoms with Gasteiger partial charge in [-0.2, -0.15) is 0 Å². The molecule has 1 atom stereocenters. The molecule has 2 amide bonds. The summed E-state index contributed by atoms with van der Waals surface area (Å²) in [7, 11) is 0. The molecule has 1 saturated heterocycles. The second-order valence-electron chi connectivity index (χ2n) is 3.88. The van der Waals surface area contributed by atoms with Crippen molar-refractivity contribution in [1.29, 1.82) is 0 Å². The molecule has 88 valence electrons. The largest absolute Gasteiger partial charge is 0.387 e. The molecule has 6 heteroatoms. The normalized spacial score (nSPS) is 17.5. The Labute approximate surface area is 98.1 Å². The fraction of sp³-hybridized carbons (Fsp3) is 0.600. The number of thiazole rings is 1. The Morgan fingerprint density at radius 1 is 1.62 bits per heavy atom. The van der Waals surface area contributed by atoms with Gasteiger partial charge in [-0.15, -0.1) is 11.3 Å². The van der Waals surface area contributed by atoms with E-state index >= 15 is 0 Å². The summed E-state index contributed by atoms with van der Waals surface area (Å²) in [5.74, 6) is 0. The van der Waals surface area contributed by atoms with Crippen molar-refractivity contribution in [3.05, 3.63) is 11.1 Å². The first-order chi connectivity index (χ1) is 7.66. The second kappa shape index (κ2) is 4.80. The summed E-state index contributed by atoms with van der Waals surface area (Å²) in [5.41, 5.74) is 0.599. The molecule has 1 aromatic rings. The molecule has 16 heavy (non-hydrogen) atoms. The van der Waals surface area contributed by atoms with Gasteiger partial charge >= 0.3 is 6.03 Å². The average molecular weight is 241 g/mol. The molecule has 1 aliphatic heterocycles. The maximum atomic E-state index is 11.7. The van der Waals surface area contributed by atoms with Gasteiger partial charge in [0, 0.05) is 18.5 Å². The Morgan fingerprint density at radius 2 is 2.31 bits per heavy atom. The lowest BCUT2D eigenvalue weighted by atomic mass is 10.3. The summed E-state index contributed by atoms with van der Waals surface area (Å²) in [4.78, 5) is 17.6. The lowest BCUT2D eigenvalue weighted by Crippen LogP contribution is -2.32. The predicted octanol–water partition coefficient (Wildman–Crippen LogP) is 1.82. The number of carbonyl (C=O) groups is 1. The lowest BCUT2D eigenvalue weighted by molar-refractivity contribution is 0.195. The Hall–Kier alpha value is -1.14. The number of rotatable bonds is 2. The Kier molecular flexibility index (Phi) is 3.40. The zero-order chi connectivity index (χ0) is 11.5. The fourth-order valence-electron chi connectivity index (χ4n) is 1.63. The van der Waals surface area contributed by atoms with Crippen LogP contribution in [0, 0.1) is 0 Å². The molecule has 5 nitrogen and oxygen atoms in total. The van der Waals surface area contributed by atoms with Crippen molar-refractivity contribution in [2.24, 2.45) is 0 Å². The smallest absolute Gasteiger partial charge is 0.323 e. The van der Waals surface area contributed by atoms with Gasteiger partial charge in [0.05, 0.1) is 11.8 Å². The van der Waals surface area contributed by atoms with E-state index in [-0.39, 0.29) is 6.03 Å². The van der Waals surface area contributed by atoms with E-state index in [1.165, 1.54) is 11.3 Å². The first kappa shape index (κ1) is 11.3. The van der Waals surface area contributed by atoms with Crippen molar-refractivity contribution in [2.45, 2.75) is 25.9 Å². The molecule has 0 saturated carbocycles. The molecule has 0 aliphatic carbocycles. The van der Waals surface area contributed by atoms with Crippen LogP contribution in [-0.4, -0.2) is 34.1 Å². The molecule has 1 fully saturated rings. The molecule has 2 rings (SSSR count). The van der Waals surface area contributed by atoms with Crippen molar-refractivity contribution < 1.29 is 9.90 Å². The average Bonchev–Trinajstić information content (AvgIpc) is 2.87. The first-order valence-corrected chi connectivity index (χ1v) is 6.24. The van der Waals surface area contributed by atoms with E-state index in [1.807, 2.05) is 0 Å². The van der Waals surface area contributed by atoms with Crippen molar-refractivity contribution in [3.8, 4) is 0 Å². The van der Waals surface area contributed by atoms with Crippen LogP contribution in [0.4, 0.5) is 9.93 Å². The highest BCUT2D eigenvalue weighted by atomic mass is 32.1. The first-order valence-electron chi connectivity index (χ1n) is 5.36. The Balaban J connectivity index is 1.95. The summed E-state index contributed by atoms with van der Waals surface area (Å²) < 4.78 is 0. The van der Waals surface area contributed by atoms with E-state index in [2.05, 4.69) is 10.3 Å². The number of hydrogen-bond donors (Lipinski definition) is 2. The van der Waals surface area contributed by atoms with E-state index in [0.29, 0.717) is 10.8 Å². The number of nitrogens with one attached hydrogen (secondary N) is 1. The van der Waals surface area contributed by atoms with Crippen molar-refractivity contribution in [1.82, 2.24) is 9.88 Å². The number of aliphatic hydroxyl groups excluding tert-OH is 1. The van der Waals surface area contributed by atoms with Gasteiger partial charge in [0.1, 0.15) is 0 Å². The van der Waals surface area contributed by atoms with Crippen LogP contribution in [0.15, 0.2) is 5.38 Å². The summed E-state index contributed by atoms with van der Waals surface area (Å²) >= 11 is 1.34. The standard InChI is InChI=1S/C10H15N3O2S/c1-7(14)8-6-16-9(11-8)12-10(15)13-4-2-3-5-13/h6-7,14H,2-5H2,1H3,(H,11,12,15). The fourth-order valence-corrected chi connectivity index (χ4v) is 2.41. The monoisotopic (exact) mass is 241 g/mol. The number of nitrogens with zero attached hydrogens (tertiary/aromatic N) is 2. The second-order valence-corrected chi connectivity index (χ2v) is 4.74. The predicted molar refractivity (Wildman–Crippen MR) is 62.6 cm³/mol. The minimum Gasteiger partial charge on any atom is -0.387 e. The molecule has 0 aromatic carbocycles. The van der Waals surface area contributed by atoms with Gasteiger partial charge in [-0.1, -0.05) is 0 Å². The van der Waals surface area contributed by atoms with Crippen LogP contribution in [-0.2, 0) is 0 Å². The molecule has 0 bridgehead atoms. The van der Waals surface area contributed by atoms with Crippen LogP contribution in [0.1, 0.15) is 31.6 Å². The number of likely N-dealkylation sites (tertiary alicyclic amines) is 1. The number of aliphatic hydroxyl groups is 1. The van der Waals surface area contributed by atoms with Crippen LogP contribution in [0.5, 0.6) is 0 Å². The highest BCUT2D eigenvalue weighted by Crippen LogP contribution is 2.21. The number of amides is 2. The lowest BCUT2D eigenvalue weighted by Gasteiger charge is -2.14. The molecule has 0 radical (unpaired) electrons. The van der Waals surface area contributed by atoms with Crippen molar-refractivity contribution >= 4 is 22.5 Å². The number of carbonyl (C=O) groups excluding carboxylic acids is 1. The minimum atomic E-state index is -0.589. The quantitative estimate of drug-likeness (QED) is 0.830. The van der Waals surface area contributed by atoms with Crippen LogP contribution >= 0.6 is 11.3 Å². The minimum absolute atomic E-state index is 0.0935. The molecule has 0 spiro atoms. The van der Waals surface area contributed by atoms with Gasteiger partial charge < -0.3 is 10.0 Å². The van der Waals surface area contributed by atoms with Gasteiger partial charge in [-0.25, -0.2) is 9.78 Å². The highest BCUT2D eigenvalue weighted by molar-refractivity contribution is 7.13. The van der Waals surface area contributed by atoms with Gasteiger partial charge in [0.2, 0.25) is 0 Å². The van der Waals surface area contributed by atoms with E-state index in [0.717, 1.165) is 25.9 Å². The molecule has 1 aromatic heterocycles. The summed E-state index contributed by atoms with van der Waals surface area (Å²) in [6, 6.07) is -0.0935. The van der Waals surface area contributed by atoms with Gasteiger partial charge in [-0.3, -0.25) is 5.32 Å². The molecule has 2 N–H and O–H groups in total. The summed E-state index contributed by atoms with van der Waals surface area (Å²) in [6.07, 6.45) is 1.56. The highest BCUT2D eigenvalue weighted by Gasteiger charge is 2.19. The Bertz CT molecular complexity index is 372. The number of aromatic nitrogens is 1. The van der Waals surface area contributed by atoms with Crippen LogP contribution in [0.3, 0.4) is 0 Å². The number of anilines is 1. The van der Waals surface area contributed by atoms with E-state index < -0.39 is 6.10 Å². The maximum absolute atomic E-state index is 11.7. The van der Waals surface area contributed by atoms with E-state index in [4.69, 9.17) is 0 Å². The number of urea groups is 1. The van der Waals surface area contributed by atoms with Crippen LogP contribution < -0.4 is 5.32 Å². The van der Waals surface area contributed by atoms with E-state index in [9.17, 15) is 9.90 Å². The zero-order valence-corrected chi connectivity index (χ0v) is 9.96. The van der Waals surface area contributed by atoms with Crippen molar-refractivity contribution in [3.63, 3.8) is 0 Å². The third kappa shape index (κ3) is 2.51. The van der Waals surface area contributed by atoms with E-state index in [1.54, 1.807) is 17.2 Å². The van der Waals surface area contributed by atoms with Crippen LogP contribution in [0.25, 0.3) is 0 Å². The zero-order valence-electron chi connectivity index (χ0n) is 9.14. The molecule has 1 unspecified atom stereocenters. The summed E-state index contributed by atoms with van der Waals surface area (Å²) in [5, 5.41) is 14.3. The van der Waals surface area contributed by atoms with Gasteiger partial charge in [0.15, 0.2) is 5.13 Å². The Morgan fingerprint density at radius 3 is 2.88 bits per heavy atom. The SMILES string of the molecule is CC(O)c1csc(NC(=O)N2CCCC2)n1. The molecular formula is C10H15N3O2S. The van der Waals surface area contributed by atoms with Crippen molar-refractivity contribution in [2.75, 3.05) is 18.4 Å². The van der Waals surface area contributed by atoms with Gasteiger partial charge in [0.25, 0.3) is 0 Å². The summed E-state index contributed by atoms with van der Waals surface area (Å²) in [6.45, 7) is 3.29. The molecular weight excluding hydrogens is 226 g/mol. The maximum Gasteiger partial charge on any atom is 0.323 e.